The number of aryl methyl sites for hydroxylation is 1. The minimum atomic E-state index is -0.0738. The Hall–Kier alpha value is -3.48. The summed E-state index contributed by atoms with van der Waals surface area (Å²) in [5.41, 5.74) is 3.57. The molecule has 1 saturated heterocycles. The van der Waals surface area contributed by atoms with E-state index in [1.807, 2.05) is 63.0 Å². The van der Waals surface area contributed by atoms with Crippen LogP contribution in [-0.2, 0) is 11.2 Å². The minimum absolute atomic E-state index is 0.0738. The molecule has 2 fully saturated rings. The van der Waals surface area contributed by atoms with Gasteiger partial charge in [-0.3, -0.25) is 9.59 Å². The predicted octanol–water partition coefficient (Wildman–Crippen LogP) is 3.45. The van der Waals surface area contributed by atoms with Crippen molar-refractivity contribution >= 4 is 11.8 Å². The van der Waals surface area contributed by atoms with Gasteiger partial charge in [0.05, 0.1) is 11.4 Å². The third-order valence-corrected chi connectivity index (χ3v) is 6.49. The van der Waals surface area contributed by atoms with Gasteiger partial charge >= 0.3 is 0 Å². The summed E-state index contributed by atoms with van der Waals surface area (Å²) in [6.07, 6.45) is 4.42. The van der Waals surface area contributed by atoms with Crippen LogP contribution in [0.3, 0.4) is 0 Å². The number of hydrogen-bond acceptors (Lipinski definition) is 4. The highest BCUT2D eigenvalue weighted by Gasteiger charge is 2.36. The molecule has 2 aliphatic rings. The molecule has 33 heavy (non-hydrogen) atoms. The van der Waals surface area contributed by atoms with Crippen molar-refractivity contribution in [2.75, 3.05) is 26.2 Å². The summed E-state index contributed by atoms with van der Waals surface area (Å²) in [5, 5.41) is 8.61. The van der Waals surface area contributed by atoms with E-state index in [2.05, 4.69) is 22.4 Å². The van der Waals surface area contributed by atoms with Gasteiger partial charge in [-0.05, 0) is 43.4 Å². The van der Waals surface area contributed by atoms with Gasteiger partial charge in [-0.2, -0.15) is 0 Å². The molecule has 1 saturated carbocycles. The quantitative estimate of drug-likeness (QED) is 0.561. The van der Waals surface area contributed by atoms with Crippen LogP contribution >= 0.6 is 0 Å². The number of rotatable bonds is 7. The molecule has 0 bridgehead atoms. The van der Waals surface area contributed by atoms with E-state index < -0.39 is 0 Å². The van der Waals surface area contributed by atoms with E-state index in [4.69, 9.17) is 0 Å². The zero-order valence-electron chi connectivity index (χ0n) is 18.8. The van der Waals surface area contributed by atoms with Gasteiger partial charge in [-0.15, -0.1) is 5.10 Å². The zero-order chi connectivity index (χ0) is 22.6. The van der Waals surface area contributed by atoms with Crippen LogP contribution in [0, 0.1) is 0 Å². The van der Waals surface area contributed by atoms with Crippen molar-refractivity contribution in [1.29, 1.82) is 0 Å². The monoisotopic (exact) mass is 443 g/mol. The fourth-order valence-electron chi connectivity index (χ4n) is 4.48. The van der Waals surface area contributed by atoms with Gasteiger partial charge in [-0.25, -0.2) is 4.68 Å². The lowest BCUT2D eigenvalue weighted by Gasteiger charge is -2.34. The molecule has 5 rings (SSSR count). The van der Waals surface area contributed by atoms with Crippen molar-refractivity contribution in [3.63, 3.8) is 0 Å². The fourth-order valence-corrected chi connectivity index (χ4v) is 4.48. The van der Waals surface area contributed by atoms with Crippen LogP contribution in [0.5, 0.6) is 0 Å². The number of aromatic nitrogens is 3. The Morgan fingerprint density at radius 2 is 1.48 bits per heavy atom. The molecule has 1 aliphatic heterocycles. The summed E-state index contributed by atoms with van der Waals surface area (Å²) in [5.74, 6) is 0.439. The molecule has 2 amide bonds. The Balaban J connectivity index is 1.18. The number of piperazine rings is 1. The first kappa shape index (κ1) is 21.4. The van der Waals surface area contributed by atoms with Gasteiger partial charge in [0.2, 0.25) is 5.91 Å². The second-order valence-electron chi connectivity index (χ2n) is 8.86. The topological polar surface area (TPSA) is 71.3 Å². The molecule has 1 aromatic heterocycles. The van der Waals surface area contributed by atoms with Crippen molar-refractivity contribution in [1.82, 2.24) is 24.8 Å². The molecule has 0 radical (unpaired) electrons. The average Bonchev–Trinajstić information content (AvgIpc) is 3.62. The standard InChI is InChI=1S/C26H29N5O2/c32-23(13-7-10-20-8-3-1-4-9-20)29-16-18-30(19-17-29)26(33)24-25(21-14-15-21)31(28-27-24)22-11-5-2-6-12-22/h1-6,8-9,11-12,21H,7,10,13-19H2. The van der Waals surface area contributed by atoms with Crippen LogP contribution in [-0.4, -0.2) is 62.8 Å². The fraction of sp³-hybridized carbons (Fsp3) is 0.385. The molecule has 2 heterocycles. The van der Waals surface area contributed by atoms with Gasteiger partial charge in [0, 0.05) is 38.5 Å². The summed E-state index contributed by atoms with van der Waals surface area (Å²) in [6.45, 7) is 2.21. The van der Waals surface area contributed by atoms with Gasteiger partial charge in [0.15, 0.2) is 5.69 Å². The number of hydrogen-bond donors (Lipinski definition) is 0. The molecular formula is C26H29N5O2. The predicted molar refractivity (Wildman–Crippen MR) is 125 cm³/mol. The van der Waals surface area contributed by atoms with E-state index in [0.717, 1.165) is 37.1 Å². The van der Waals surface area contributed by atoms with E-state index in [0.29, 0.717) is 44.2 Å². The lowest BCUT2D eigenvalue weighted by Crippen LogP contribution is -2.50. The van der Waals surface area contributed by atoms with Gasteiger partial charge < -0.3 is 9.80 Å². The van der Waals surface area contributed by atoms with Gasteiger partial charge in [-0.1, -0.05) is 53.7 Å². The lowest BCUT2D eigenvalue weighted by atomic mass is 10.1. The first-order valence-corrected chi connectivity index (χ1v) is 11.8. The number of carbonyl (C=O) groups is 2. The highest BCUT2D eigenvalue weighted by atomic mass is 16.2. The van der Waals surface area contributed by atoms with Gasteiger partial charge in [0.25, 0.3) is 5.91 Å². The molecule has 0 unspecified atom stereocenters. The van der Waals surface area contributed by atoms with Crippen LogP contribution in [0.2, 0.25) is 0 Å². The Kier molecular flexibility index (Phi) is 6.19. The van der Waals surface area contributed by atoms with Crippen LogP contribution in [0.25, 0.3) is 5.69 Å². The summed E-state index contributed by atoms with van der Waals surface area (Å²) in [4.78, 5) is 29.7. The van der Waals surface area contributed by atoms with E-state index in [1.165, 1.54) is 5.56 Å². The van der Waals surface area contributed by atoms with Crippen LogP contribution in [0.4, 0.5) is 0 Å². The number of para-hydroxylation sites is 1. The largest absolute Gasteiger partial charge is 0.339 e. The van der Waals surface area contributed by atoms with E-state index >= 15 is 0 Å². The molecule has 0 atom stereocenters. The van der Waals surface area contributed by atoms with Crippen molar-refractivity contribution in [3.8, 4) is 5.69 Å². The normalized spacial score (nSPS) is 16.1. The van der Waals surface area contributed by atoms with Crippen LogP contribution in [0.1, 0.15) is 53.3 Å². The van der Waals surface area contributed by atoms with Crippen molar-refractivity contribution in [2.45, 2.75) is 38.0 Å². The van der Waals surface area contributed by atoms with Gasteiger partial charge in [0.1, 0.15) is 0 Å². The van der Waals surface area contributed by atoms with Crippen LogP contribution in [0.15, 0.2) is 60.7 Å². The summed E-state index contributed by atoms with van der Waals surface area (Å²) < 4.78 is 1.82. The third-order valence-electron chi connectivity index (χ3n) is 6.49. The second kappa shape index (κ2) is 9.57. The summed E-state index contributed by atoms with van der Waals surface area (Å²) in [7, 11) is 0. The highest BCUT2D eigenvalue weighted by molar-refractivity contribution is 5.94. The average molecular weight is 444 g/mol. The van der Waals surface area contributed by atoms with Crippen molar-refractivity contribution in [3.05, 3.63) is 77.6 Å². The van der Waals surface area contributed by atoms with E-state index in [-0.39, 0.29) is 11.8 Å². The Labute approximate surface area is 194 Å². The molecule has 170 valence electrons. The molecule has 7 nitrogen and oxygen atoms in total. The molecule has 0 spiro atoms. The van der Waals surface area contributed by atoms with E-state index in [9.17, 15) is 9.59 Å². The third kappa shape index (κ3) is 4.82. The Morgan fingerprint density at radius 1 is 0.848 bits per heavy atom. The first-order valence-electron chi connectivity index (χ1n) is 11.8. The highest BCUT2D eigenvalue weighted by Crippen LogP contribution is 2.42. The summed E-state index contributed by atoms with van der Waals surface area (Å²) in [6, 6.07) is 20.1. The van der Waals surface area contributed by atoms with Crippen LogP contribution < -0.4 is 0 Å². The lowest BCUT2D eigenvalue weighted by molar-refractivity contribution is -0.132. The maximum atomic E-state index is 13.3. The maximum absolute atomic E-state index is 13.3. The number of benzene rings is 2. The van der Waals surface area contributed by atoms with Crippen molar-refractivity contribution < 1.29 is 9.59 Å². The molecular weight excluding hydrogens is 414 g/mol. The number of nitrogens with zero attached hydrogens (tertiary/aromatic N) is 5. The number of carbonyl (C=O) groups excluding carboxylic acids is 2. The molecule has 1 aliphatic carbocycles. The maximum Gasteiger partial charge on any atom is 0.276 e. The number of amides is 2. The minimum Gasteiger partial charge on any atom is -0.339 e. The SMILES string of the molecule is O=C(CCCc1ccccc1)N1CCN(C(=O)c2nnn(-c3ccccc3)c2C2CC2)CC1. The summed E-state index contributed by atoms with van der Waals surface area (Å²) >= 11 is 0. The molecule has 0 N–H and O–H groups in total. The first-order chi connectivity index (χ1) is 16.2. The van der Waals surface area contributed by atoms with E-state index in [1.54, 1.807) is 0 Å². The Bertz CT molecular complexity index is 1100. The smallest absolute Gasteiger partial charge is 0.276 e. The molecule has 7 heteroatoms. The molecule has 2 aromatic carbocycles. The zero-order valence-corrected chi connectivity index (χ0v) is 18.8. The molecule has 3 aromatic rings. The Morgan fingerprint density at radius 3 is 2.15 bits per heavy atom. The van der Waals surface area contributed by atoms with Crippen molar-refractivity contribution in [2.24, 2.45) is 0 Å². The second-order valence-corrected chi connectivity index (χ2v) is 8.86.